The Morgan fingerprint density at radius 3 is 2.20 bits per heavy atom. The van der Waals surface area contributed by atoms with Crippen LogP contribution in [0.5, 0.6) is 0 Å². The fourth-order valence-electron chi connectivity index (χ4n) is 3.29. The highest BCUT2D eigenvalue weighted by molar-refractivity contribution is 5.67. The second-order valence-corrected chi connectivity index (χ2v) is 7.25. The summed E-state index contributed by atoms with van der Waals surface area (Å²) in [7, 11) is 0. The molecule has 0 N–H and O–H groups in total. The van der Waals surface area contributed by atoms with Gasteiger partial charge in [0, 0.05) is 11.6 Å². The zero-order valence-corrected chi connectivity index (χ0v) is 13.7. The molecule has 2 nitrogen and oxygen atoms in total. The third kappa shape index (κ3) is 3.05. The summed E-state index contributed by atoms with van der Waals surface area (Å²) in [6.45, 7) is 14.5. The molecular weight excluding hydrogens is 244 g/mol. The summed E-state index contributed by atoms with van der Waals surface area (Å²) in [5, 5.41) is 6.91. The highest BCUT2D eigenvalue weighted by Crippen LogP contribution is 2.35. The van der Waals surface area contributed by atoms with Crippen LogP contribution in [0.3, 0.4) is 0 Å². The molecule has 0 fully saturated rings. The van der Waals surface area contributed by atoms with Crippen molar-refractivity contribution in [3.63, 3.8) is 0 Å². The molecular formula is C18H28N2. The topological polar surface area (TPSA) is 15.6 Å². The molecule has 0 amide bonds. The number of nitrogens with zero attached hydrogens (tertiary/aromatic N) is 2. The van der Waals surface area contributed by atoms with Crippen LogP contribution in [-0.4, -0.2) is 17.3 Å². The highest BCUT2D eigenvalue weighted by Gasteiger charge is 2.39. The van der Waals surface area contributed by atoms with Gasteiger partial charge in [-0.3, -0.25) is 5.01 Å². The van der Waals surface area contributed by atoms with E-state index in [1.807, 2.05) is 0 Å². The Morgan fingerprint density at radius 2 is 1.70 bits per heavy atom. The Hall–Kier alpha value is -1.31. The molecule has 1 aromatic carbocycles. The van der Waals surface area contributed by atoms with Crippen molar-refractivity contribution in [2.24, 2.45) is 16.4 Å². The van der Waals surface area contributed by atoms with Gasteiger partial charge in [-0.25, -0.2) is 0 Å². The lowest BCUT2D eigenvalue weighted by molar-refractivity contribution is 0.115. The van der Waals surface area contributed by atoms with Crippen molar-refractivity contribution >= 4 is 6.21 Å². The predicted octanol–water partition coefficient (Wildman–Crippen LogP) is 4.66. The molecule has 1 aromatic rings. The molecule has 0 radical (unpaired) electrons. The summed E-state index contributed by atoms with van der Waals surface area (Å²) in [5.74, 6) is 1.19. The van der Waals surface area contributed by atoms with E-state index in [4.69, 9.17) is 0 Å². The second-order valence-electron chi connectivity index (χ2n) is 7.25. The van der Waals surface area contributed by atoms with Gasteiger partial charge in [0.25, 0.3) is 0 Å². The van der Waals surface area contributed by atoms with Gasteiger partial charge in [0.05, 0.1) is 12.6 Å². The van der Waals surface area contributed by atoms with Crippen LogP contribution < -0.4 is 0 Å². The number of hydrogen-bond donors (Lipinski definition) is 0. The summed E-state index contributed by atoms with van der Waals surface area (Å²) in [6, 6.07) is 9.46. The van der Waals surface area contributed by atoms with E-state index in [0.717, 1.165) is 6.54 Å². The molecule has 2 rings (SSSR count). The fourth-order valence-corrected chi connectivity index (χ4v) is 3.29. The van der Waals surface area contributed by atoms with Gasteiger partial charge in [0.2, 0.25) is 0 Å². The van der Waals surface area contributed by atoms with Crippen molar-refractivity contribution < 1.29 is 0 Å². The minimum absolute atomic E-state index is 0.159. The molecule has 0 aliphatic carbocycles. The summed E-state index contributed by atoms with van der Waals surface area (Å²) < 4.78 is 0. The molecule has 1 aliphatic rings. The minimum atomic E-state index is 0.159. The summed E-state index contributed by atoms with van der Waals surface area (Å²) in [6.07, 6.45) is 2.11. The van der Waals surface area contributed by atoms with Gasteiger partial charge in [-0.15, -0.1) is 0 Å². The molecule has 2 heteroatoms. The monoisotopic (exact) mass is 272 g/mol. The maximum Gasteiger partial charge on any atom is 0.0614 e. The van der Waals surface area contributed by atoms with Crippen molar-refractivity contribution in [1.29, 1.82) is 0 Å². The van der Waals surface area contributed by atoms with Gasteiger partial charge in [0.15, 0.2) is 0 Å². The average molecular weight is 272 g/mol. The van der Waals surface area contributed by atoms with Crippen LogP contribution in [0, 0.1) is 11.3 Å². The molecule has 20 heavy (non-hydrogen) atoms. The van der Waals surface area contributed by atoms with Crippen LogP contribution in [0.25, 0.3) is 0 Å². The van der Waals surface area contributed by atoms with Crippen LogP contribution in [0.15, 0.2) is 29.4 Å². The van der Waals surface area contributed by atoms with Crippen molar-refractivity contribution in [3.8, 4) is 0 Å². The Balaban J connectivity index is 2.11. The smallest absolute Gasteiger partial charge is 0.0614 e. The Kier molecular flexibility index (Phi) is 4.22. The van der Waals surface area contributed by atoms with Gasteiger partial charge in [-0.05, 0) is 23.0 Å². The summed E-state index contributed by atoms with van der Waals surface area (Å²) >= 11 is 0. The lowest BCUT2D eigenvalue weighted by Gasteiger charge is -2.35. The molecule has 0 bridgehead atoms. The first-order valence-electron chi connectivity index (χ1n) is 7.72. The van der Waals surface area contributed by atoms with Crippen LogP contribution >= 0.6 is 0 Å². The van der Waals surface area contributed by atoms with E-state index >= 15 is 0 Å². The summed E-state index contributed by atoms with van der Waals surface area (Å²) in [4.78, 5) is 0. The SMILES string of the molecule is CC(C)c1ccc(CN2N=CC(C)(C)[C@@H]2C(C)C)cc1. The number of benzene rings is 1. The molecule has 1 heterocycles. The molecule has 1 atom stereocenters. The zero-order chi connectivity index (χ0) is 14.9. The van der Waals surface area contributed by atoms with Crippen molar-refractivity contribution in [2.75, 3.05) is 0 Å². The van der Waals surface area contributed by atoms with Gasteiger partial charge in [-0.1, -0.05) is 65.8 Å². The Bertz CT molecular complexity index is 469. The van der Waals surface area contributed by atoms with Crippen molar-refractivity contribution in [2.45, 2.75) is 60.0 Å². The van der Waals surface area contributed by atoms with E-state index in [9.17, 15) is 0 Å². The average Bonchev–Trinajstić information content (AvgIpc) is 2.65. The molecule has 0 spiro atoms. The van der Waals surface area contributed by atoms with E-state index in [1.165, 1.54) is 11.1 Å². The quantitative estimate of drug-likeness (QED) is 0.778. The normalized spacial score (nSPS) is 21.2. The fraction of sp³-hybridized carbons (Fsp3) is 0.611. The van der Waals surface area contributed by atoms with Gasteiger partial charge < -0.3 is 0 Å². The minimum Gasteiger partial charge on any atom is -0.289 e. The van der Waals surface area contributed by atoms with E-state index in [2.05, 4.69) is 82.1 Å². The third-order valence-electron chi connectivity index (χ3n) is 4.24. The lowest BCUT2D eigenvalue weighted by atomic mass is 9.80. The lowest BCUT2D eigenvalue weighted by Crippen LogP contribution is -2.41. The van der Waals surface area contributed by atoms with Crippen LogP contribution in [0.2, 0.25) is 0 Å². The van der Waals surface area contributed by atoms with Crippen LogP contribution in [0.4, 0.5) is 0 Å². The molecule has 0 saturated carbocycles. The maximum absolute atomic E-state index is 4.65. The first-order chi connectivity index (χ1) is 9.31. The summed E-state index contributed by atoms with van der Waals surface area (Å²) in [5.41, 5.74) is 2.90. The van der Waals surface area contributed by atoms with E-state index in [-0.39, 0.29) is 5.41 Å². The zero-order valence-electron chi connectivity index (χ0n) is 13.7. The van der Waals surface area contributed by atoms with E-state index in [1.54, 1.807) is 0 Å². The highest BCUT2D eigenvalue weighted by atomic mass is 15.5. The van der Waals surface area contributed by atoms with Gasteiger partial charge in [0.1, 0.15) is 0 Å². The molecule has 1 aliphatic heterocycles. The second kappa shape index (κ2) is 5.59. The van der Waals surface area contributed by atoms with Crippen molar-refractivity contribution in [1.82, 2.24) is 5.01 Å². The molecule has 0 aromatic heterocycles. The third-order valence-corrected chi connectivity index (χ3v) is 4.24. The number of rotatable bonds is 4. The molecule has 110 valence electrons. The maximum atomic E-state index is 4.65. The predicted molar refractivity (Wildman–Crippen MR) is 87.0 cm³/mol. The largest absolute Gasteiger partial charge is 0.289 e. The first kappa shape index (κ1) is 15.1. The standard InChI is InChI=1S/C18H28N2/c1-13(2)16-9-7-15(8-10-16)11-20-17(14(3)4)18(5,6)12-19-20/h7-10,12-14,17H,11H2,1-6H3/t17-/m0/s1. The molecule has 0 unspecified atom stereocenters. The van der Waals surface area contributed by atoms with Crippen LogP contribution in [0.1, 0.15) is 58.6 Å². The number of hydrazone groups is 1. The Labute approximate surface area is 123 Å². The van der Waals surface area contributed by atoms with Gasteiger partial charge in [-0.2, -0.15) is 5.10 Å². The van der Waals surface area contributed by atoms with E-state index < -0.39 is 0 Å². The van der Waals surface area contributed by atoms with Gasteiger partial charge >= 0.3 is 0 Å². The van der Waals surface area contributed by atoms with Crippen molar-refractivity contribution in [3.05, 3.63) is 35.4 Å². The number of hydrogen-bond acceptors (Lipinski definition) is 2. The van der Waals surface area contributed by atoms with E-state index in [0.29, 0.717) is 17.9 Å². The molecule has 0 saturated heterocycles. The Morgan fingerprint density at radius 1 is 1.10 bits per heavy atom. The first-order valence-corrected chi connectivity index (χ1v) is 7.72. The van der Waals surface area contributed by atoms with Crippen LogP contribution in [-0.2, 0) is 6.54 Å².